The molecule has 1 heterocycles. The minimum absolute atomic E-state index is 0.000324. The first-order chi connectivity index (χ1) is 7.83. The van der Waals surface area contributed by atoms with Crippen LogP contribution in [0.4, 0.5) is 13.2 Å². The van der Waals surface area contributed by atoms with Crippen LogP contribution in [-0.2, 0) is 4.74 Å². The van der Waals surface area contributed by atoms with Gasteiger partial charge in [-0.25, -0.2) is 4.98 Å². The number of rotatable bonds is 2. The van der Waals surface area contributed by atoms with E-state index in [-0.39, 0.29) is 16.2 Å². The topological polar surface area (TPSA) is 22.1 Å². The molecular formula is C10H8Cl2F3NO. The van der Waals surface area contributed by atoms with Crippen molar-refractivity contribution < 1.29 is 17.9 Å². The number of hydrogen-bond acceptors (Lipinski definition) is 2. The van der Waals surface area contributed by atoms with Crippen LogP contribution in [0.25, 0.3) is 0 Å². The summed E-state index contributed by atoms with van der Waals surface area (Å²) in [6.45, 7) is 0. The molecule has 0 atom stereocenters. The van der Waals surface area contributed by atoms with Crippen molar-refractivity contribution in [2.45, 2.75) is 31.2 Å². The Morgan fingerprint density at radius 1 is 1.18 bits per heavy atom. The fourth-order valence-corrected chi connectivity index (χ4v) is 2.32. The van der Waals surface area contributed by atoms with Gasteiger partial charge in [-0.15, -0.1) is 13.2 Å². The molecule has 17 heavy (non-hydrogen) atoms. The predicted octanol–water partition coefficient (Wildman–Crippen LogP) is 4.17. The first kappa shape index (κ1) is 12.9. The van der Waals surface area contributed by atoms with Gasteiger partial charge in [0, 0.05) is 0 Å². The molecule has 0 saturated heterocycles. The minimum Gasteiger partial charge on any atom is -0.289 e. The molecule has 0 spiro atoms. The van der Waals surface area contributed by atoms with Crippen molar-refractivity contribution in [2.75, 3.05) is 0 Å². The van der Waals surface area contributed by atoms with Crippen LogP contribution in [0.15, 0.2) is 12.1 Å². The van der Waals surface area contributed by atoms with E-state index in [9.17, 15) is 13.2 Å². The van der Waals surface area contributed by atoms with Crippen molar-refractivity contribution in [3.63, 3.8) is 0 Å². The number of halogens is 5. The molecule has 0 unspecified atom stereocenters. The monoisotopic (exact) mass is 285 g/mol. The number of hydrogen-bond donors (Lipinski definition) is 0. The van der Waals surface area contributed by atoms with Crippen molar-refractivity contribution in [2.24, 2.45) is 0 Å². The highest BCUT2D eigenvalue weighted by Crippen LogP contribution is 2.42. The molecule has 7 heteroatoms. The largest absolute Gasteiger partial charge is 0.522 e. The van der Waals surface area contributed by atoms with E-state index in [1.807, 2.05) is 0 Å². The van der Waals surface area contributed by atoms with Gasteiger partial charge in [0.15, 0.2) is 0 Å². The van der Waals surface area contributed by atoms with Gasteiger partial charge < -0.3 is 0 Å². The van der Waals surface area contributed by atoms with Crippen LogP contribution in [-0.4, -0.2) is 17.5 Å². The Hall–Kier alpha value is -0.520. The maximum absolute atomic E-state index is 11.9. The summed E-state index contributed by atoms with van der Waals surface area (Å²) >= 11 is 11.4. The lowest BCUT2D eigenvalue weighted by atomic mass is 9.78. The van der Waals surface area contributed by atoms with Crippen molar-refractivity contribution in [3.8, 4) is 0 Å². The Morgan fingerprint density at radius 3 is 2.18 bits per heavy atom. The summed E-state index contributed by atoms with van der Waals surface area (Å²) in [5.74, 6) is 0.000324. The molecule has 0 N–H and O–H groups in total. The molecule has 94 valence electrons. The Labute approximate surface area is 106 Å². The molecule has 0 aliphatic heterocycles. The van der Waals surface area contributed by atoms with E-state index in [4.69, 9.17) is 23.2 Å². The van der Waals surface area contributed by atoms with E-state index in [1.54, 1.807) is 12.1 Å². The fourth-order valence-electron chi connectivity index (χ4n) is 1.84. The van der Waals surface area contributed by atoms with E-state index in [1.165, 1.54) is 0 Å². The zero-order chi connectivity index (χ0) is 12.6. The lowest BCUT2D eigenvalue weighted by Gasteiger charge is -2.35. The number of pyridine rings is 1. The lowest BCUT2D eigenvalue weighted by Crippen LogP contribution is -2.34. The van der Waals surface area contributed by atoms with Crippen molar-refractivity contribution in [3.05, 3.63) is 28.0 Å². The van der Waals surface area contributed by atoms with E-state index < -0.39 is 12.5 Å². The number of aromatic nitrogens is 1. The summed E-state index contributed by atoms with van der Waals surface area (Å²) in [4.78, 5) is 3.77. The van der Waals surface area contributed by atoms with Crippen LogP contribution in [0.3, 0.4) is 0 Å². The molecular weight excluding hydrogens is 278 g/mol. The second-order valence-corrected chi connectivity index (χ2v) is 4.67. The van der Waals surface area contributed by atoms with E-state index in [2.05, 4.69) is 9.72 Å². The molecule has 1 saturated carbocycles. The molecule has 0 bridgehead atoms. The molecule has 1 aliphatic rings. The third kappa shape index (κ3) is 3.47. The second-order valence-electron chi connectivity index (χ2n) is 3.90. The van der Waals surface area contributed by atoms with Gasteiger partial charge in [0.05, 0.1) is 6.10 Å². The Kier molecular flexibility index (Phi) is 3.52. The van der Waals surface area contributed by atoms with Crippen molar-refractivity contribution >= 4 is 23.2 Å². The minimum atomic E-state index is -4.57. The summed E-state index contributed by atoms with van der Waals surface area (Å²) in [6.07, 6.45) is -4.71. The Morgan fingerprint density at radius 2 is 1.71 bits per heavy atom. The normalized spacial score (nSPS) is 24.5. The van der Waals surface area contributed by atoms with Crippen LogP contribution in [0, 0.1) is 0 Å². The average Bonchev–Trinajstić information content (AvgIpc) is 2.07. The zero-order valence-electron chi connectivity index (χ0n) is 8.47. The zero-order valence-corrected chi connectivity index (χ0v) is 9.98. The third-order valence-corrected chi connectivity index (χ3v) is 3.04. The molecule has 0 aromatic carbocycles. The summed E-state index contributed by atoms with van der Waals surface area (Å²) in [6, 6.07) is 3.23. The summed E-state index contributed by atoms with van der Waals surface area (Å²) in [7, 11) is 0. The summed E-state index contributed by atoms with van der Waals surface area (Å²) < 4.78 is 39.6. The molecule has 1 aromatic rings. The number of alkyl halides is 3. The van der Waals surface area contributed by atoms with Gasteiger partial charge in [-0.3, -0.25) is 4.74 Å². The number of ether oxygens (including phenoxy) is 1. The average molecular weight is 286 g/mol. The second kappa shape index (κ2) is 4.63. The first-order valence-electron chi connectivity index (χ1n) is 4.91. The number of nitrogens with zero attached hydrogens (tertiary/aromatic N) is 1. The molecule has 2 nitrogen and oxygen atoms in total. The maximum Gasteiger partial charge on any atom is 0.522 e. The predicted molar refractivity (Wildman–Crippen MR) is 57.2 cm³/mol. The van der Waals surface area contributed by atoms with Crippen LogP contribution in [0.1, 0.15) is 24.3 Å². The SMILES string of the molecule is FC(F)(F)OC1CC(c2cc(Cl)nc(Cl)c2)C1. The van der Waals surface area contributed by atoms with Crippen LogP contribution < -0.4 is 0 Å². The van der Waals surface area contributed by atoms with Gasteiger partial charge in [0.2, 0.25) is 0 Å². The van der Waals surface area contributed by atoms with E-state index >= 15 is 0 Å². The van der Waals surface area contributed by atoms with E-state index in [0.29, 0.717) is 12.8 Å². The highest BCUT2D eigenvalue weighted by atomic mass is 35.5. The van der Waals surface area contributed by atoms with Gasteiger partial charge in [0.1, 0.15) is 10.3 Å². The van der Waals surface area contributed by atoms with Gasteiger partial charge in [-0.05, 0) is 36.5 Å². The van der Waals surface area contributed by atoms with Crippen LogP contribution in [0.2, 0.25) is 10.3 Å². The molecule has 0 amide bonds. The van der Waals surface area contributed by atoms with Crippen molar-refractivity contribution in [1.29, 1.82) is 0 Å². The van der Waals surface area contributed by atoms with E-state index in [0.717, 1.165) is 5.56 Å². The van der Waals surface area contributed by atoms with Crippen LogP contribution in [0.5, 0.6) is 0 Å². The molecule has 1 aliphatic carbocycles. The third-order valence-electron chi connectivity index (χ3n) is 2.65. The van der Waals surface area contributed by atoms with Crippen LogP contribution >= 0.6 is 23.2 Å². The highest BCUT2D eigenvalue weighted by Gasteiger charge is 2.40. The quantitative estimate of drug-likeness (QED) is 0.761. The van der Waals surface area contributed by atoms with Gasteiger partial charge in [-0.1, -0.05) is 23.2 Å². The maximum atomic E-state index is 11.9. The van der Waals surface area contributed by atoms with Gasteiger partial charge >= 0.3 is 6.36 Å². The highest BCUT2D eigenvalue weighted by molar-refractivity contribution is 6.32. The molecule has 1 fully saturated rings. The molecule has 1 aromatic heterocycles. The smallest absolute Gasteiger partial charge is 0.289 e. The Bertz CT molecular complexity index is 398. The van der Waals surface area contributed by atoms with Crippen molar-refractivity contribution in [1.82, 2.24) is 4.98 Å². The molecule has 0 radical (unpaired) electrons. The fraction of sp³-hybridized carbons (Fsp3) is 0.500. The summed E-state index contributed by atoms with van der Waals surface area (Å²) in [5, 5.41) is 0.486. The standard InChI is InChI=1S/C10H8Cl2F3NO/c11-8-3-6(4-9(12)16-8)5-1-7(2-5)17-10(13,14)15/h3-5,7H,1-2H2. The summed E-state index contributed by atoms with van der Waals surface area (Å²) in [5.41, 5.74) is 0.803. The Balaban J connectivity index is 1.95. The molecule has 2 rings (SSSR count). The van der Waals surface area contributed by atoms with Gasteiger partial charge in [-0.2, -0.15) is 0 Å². The van der Waals surface area contributed by atoms with Gasteiger partial charge in [0.25, 0.3) is 0 Å². The lowest BCUT2D eigenvalue weighted by molar-refractivity contribution is -0.351. The first-order valence-corrected chi connectivity index (χ1v) is 5.66.